The fourth-order valence-electron chi connectivity index (χ4n) is 12.9. The number of fused-ring (bicyclic) bond motifs is 16. The number of hydrogen-bond donors (Lipinski definition) is 4. The molecule has 0 unspecified atom stereocenters. The van der Waals surface area contributed by atoms with Gasteiger partial charge in [0.2, 0.25) is 0 Å². The summed E-state index contributed by atoms with van der Waals surface area (Å²) >= 11 is 0. The molecule has 0 aliphatic heterocycles. The minimum absolute atomic E-state index is 0.0746. The fraction of sp³-hybridized carbons (Fsp3) is 0.0667. The lowest BCUT2D eigenvalue weighted by Gasteiger charge is -2.15. The van der Waals surface area contributed by atoms with E-state index < -0.39 is 16.5 Å². The number of H-pyrrole nitrogens is 2. The first-order valence-corrected chi connectivity index (χ1v) is 31.7. The number of aryl methyl sites for hydroxylation is 2. The number of carbonyl (C=O) groups is 2. The first kappa shape index (κ1) is 53.6. The number of aromatic amines is 2. The molecule has 432 valence electrons. The van der Waals surface area contributed by atoms with Gasteiger partial charge in [-0.2, -0.15) is 0 Å². The Morgan fingerprint density at radius 2 is 0.708 bits per heavy atom. The largest absolute Gasteiger partial charge is 0.453 e. The maximum absolute atomic E-state index is 14.1. The van der Waals surface area contributed by atoms with Gasteiger partial charge in [0.15, 0.2) is 0 Å². The van der Waals surface area contributed by atoms with Crippen molar-refractivity contribution in [2.75, 3.05) is 10.6 Å². The second-order valence-electron chi connectivity index (χ2n) is 22.3. The van der Waals surface area contributed by atoms with Gasteiger partial charge in [0.1, 0.15) is 33.8 Å². The molecule has 14 heteroatoms. The number of anilines is 2. The van der Waals surface area contributed by atoms with Crippen LogP contribution in [-0.2, 0) is 0 Å². The van der Waals surface area contributed by atoms with Crippen molar-refractivity contribution in [3.05, 3.63) is 264 Å². The van der Waals surface area contributed by atoms with Gasteiger partial charge in [-0.1, -0.05) is 153 Å². The van der Waals surface area contributed by atoms with Crippen LogP contribution in [0.5, 0.6) is 11.5 Å². The number of amides is 2. The lowest BCUT2D eigenvalue weighted by molar-refractivity contribution is 0.101. The highest BCUT2D eigenvalue weighted by Crippen LogP contribution is 2.45. The van der Waals surface area contributed by atoms with Crippen LogP contribution in [0.1, 0.15) is 62.5 Å². The molecule has 0 bridgehead atoms. The van der Waals surface area contributed by atoms with E-state index in [1.807, 2.05) is 97.1 Å². The minimum atomic E-state index is -1.94. The van der Waals surface area contributed by atoms with E-state index in [1.54, 1.807) is 48.5 Å². The molecule has 0 spiro atoms. The van der Waals surface area contributed by atoms with E-state index >= 15 is 0 Å². The van der Waals surface area contributed by atoms with E-state index in [4.69, 9.17) is 25.8 Å². The van der Waals surface area contributed by atoms with Crippen molar-refractivity contribution in [3.8, 4) is 11.5 Å². The maximum atomic E-state index is 14.1. The number of para-hydroxylation sites is 2. The molecule has 16 aromatic rings. The van der Waals surface area contributed by atoms with Gasteiger partial charge in [-0.3, -0.25) is 9.59 Å². The Morgan fingerprint density at radius 1 is 0.393 bits per heavy atom. The van der Waals surface area contributed by atoms with Crippen LogP contribution in [0, 0.1) is 13.8 Å². The number of aromatic nitrogens is 2. The number of nitrogens with one attached hydrogen (secondary N) is 4. The molecule has 12 nitrogen and oxygen atoms in total. The molecule has 0 saturated heterocycles. The zero-order chi connectivity index (χ0) is 59.9. The third-order valence-electron chi connectivity index (χ3n) is 17.2. The highest BCUT2D eigenvalue weighted by Gasteiger charge is 2.26. The minimum Gasteiger partial charge on any atom is -0.391 e. The average molecular weight is 1200 g/mol. The number of carbonyl (C=O) groups excluding carboxylic acids is 2. The van der Waals surface area contributed by atoms with Crippen LogP contribution in [-0.4, -0.2) is 21.8 Å². The highest BCUT2D eigenvalue weighted by atomic mass is 31.1. The van der Waals surface area contributed by atoms with Crippen LogP contribution in [0.15, 0.2) is 247 Å². The Morgan fingerprint density at radius 3 is 1.03 bits per heavy atom. The second kappa shape index (κ2) is 21.8. The predicted molar refractivity (Wildman–Crippen MR) is 362 cm³/mol. The summed E-state index contributed by atoms with van der Waals surface area (Å²) in [5.41, 5.74) is 10.8. The summed E-state index contributed by atoms with van der Waals surface area (Å²) in [6, 6.07) is 75.2. The molecule has 89 heavy (non-hydrogen) atoms. The van der Waals surface area contributed by atoms with Crippen LogP contribution < -0.4 is 19.7 Å². The third kappa shape index (κ3) is 9.40. The molecule has 0 fully saturated rings. The van der Waals surface area contributed by atoms with Gasteiger partial charge >= 0.3 is 16.5 Å². The topological polar surface area (TPSA) is 161 Å². The molecular formula is C75H54N4O8P2. The highest BCUT2D eigenvalue weighted by molar-refractivity contribution is 7.32. The van der Waals surface area contributed by atoms with Crippen LogP contribution in [0.2, 0.25) is 0 Å². The van der Waals surface area contributed by atoms with E-state index in [1.165, 1.54) is 0 Å². The van der Waals surface area contributed by atoms with Crippen molar-refractivity contribution >= 4 is 148 Å². The predicted octanol–water partition coefficient (Wildman–Crippen LogP) is 21.8. The summed E-state index contributed by atoms with van der Waals surface area (Å²) in [7, 11) is -3.89. The van der Waals surface area contributed by atoms with Crippen molar-refractivity contribution in [1.82, 2.24) is 9.97 Å². The molecule has 4 aromatic heterocycles. The van der Waals surface area contributed by atoms with E-state index in [-0.39, 0.29) is 17.7 Å². The Hall–Kier alpha value is -10.9. The van der Waals surface area contributed by atoms with Crippen molar-refractivity contribution in [2.45, 2.75) is 33.1 Å². The summed E-state index contributed by atoms with van der Waals surface area (Å²) in [6.45, 7) is 6.40. The van der Waals surface area contributed by atoms with E-state index in [0.717, 1.165) is 115 Å². The molecule has 0 saturated carbocycles. The molecule has 0 atom stereocenters. The zero-order valence-corrected chi connectivity index (χ0v) is 50.2. The average Bonchev–Trinajstić information content (AvgIpc) is 1.87. The molecule has 0 radical (unpaired) electrons. The Balaban J connectivity index is 0.638. The Kier molecular flexibility index (Phi) is 13.1. The molecule has 4 heterocycles. The van der Waals surface area contributed by atoms with Crippen molar-refractivity contribution in [1.29, 1.82) is 0 Å². The zero-order valence-electron chi connectivity index (χ0n) is 48.4. The smallest absolute Gasteiger partial charge is 0.391 e. The van der Waals surface area contributed by atoms with Gasteiger partial charge in [0.05, 0.1) is 22.4 Å². The fourth-order valence-corrected chi connectivity index (χ4v) is 14.9. The third-order valence-corrected chi connectivity index (χ3v) is 19.3. The van der Waals surface area contributed by atoms with Crippen LogP contribution in [0.4, 0.5) is 11.4 Å². The van der Waals surface area contributed by atoms with Crippen molar-refractivity contribution in [2.24, 2.45) is 0 Å². The molecular weight excluding hydrogens is 1150 g/mol. The van der Waals surface area contributed by atoms with Gasteiger partial charge in [-0.15, -0.1) is 0 Å². The standard InChI is InChI=1S/C75H54N4O8P2/c1-4-53(70-43(2)54-23-13-25-60(72(54)78-70)76-74(80)49-27-35-51(36-28-49)82-88-84-62-39-31-45-15-5-9-19-56(45)66(62)67-57-20-10-6-16-46(57)32-40-63(67)85-88)71-44(3)55-24-14-26-61(73(55)79-71)77-75(81)50-29-37-52(38-30-50)83-89-86-64-41-33-47-17-7-11-21-58(47)68(64)69-59-22-12-8-18-48(59)34-42-65(69)87-89/h5-42,53,78-79H,4H2,1-3H3,(H,76,80)(H,77,81). The number of hydrogen-bond acceptors (Lipinski definition) is 8. The van der Waals surface area contributed by atoms with Crippen LogP contribution >= 0.6 is 16.5 Å². The SMILES string of the molecule is CCC(c1[nH]c2c(NC(=O)c3ccc(Op4oc5ccc6ccccc6c5c5c(ccc6ccccc65)o4)cc3)cccc2c1C)c1[nH]c2c(NC(=O)c3ccc(Op4oc5ccc6ccccc6c5c5c(ccc6ccccc65)o4)cc3)cccc2c1C. The maximum Gasteiger partial charge on any atom is 0.453 e. The van der Waals surface area contributed by atoms with Crippen LogP contribution in [0.25, 0.3) is 109 Å². The molecule has 12 aromatic carbocycles. The summed E-state index contributed by atoms with van der Waals surface area (Å²) < 4.78 is 39.2. The molecule has 16 rings (SSSR count). The van der Waals surface area contributed by atoms with Gasteiger partial charge in [-0.05, 0) is 159 Å². The van der Waals surface area contributed by atoms with E-state index in [0.29, 0.717) is 56.3 Å². The normalized spacial score (nSPS) is 11.8. The summed E-state index contributed by atoms with van der Waals surface area (Å²) in [5, 5.41) is 20.8. The van der Waals surface area contributed by atoms with E-state index in [9.17, 15) is 9.59 Å². The van der Waals surface area contributed by atoms with Crippen LogP contribution in [0.3, 0.4) is 0 Å². The molecule has 2 amide bonds. The Labute approximate surface area is 510 Å². The van der Waals surface area contributed by atoms with Crippen molar-refractivity contribution in [3.63, 3.8) is 0 Å². The van der Waals surface area contributed by atoms with Gasteiger partial charge in [0.25, 0.3) is 11.8 Å². The summed E-state index contributed by atoms with van der Waals surface area (Å²) in [6.07, 6.45) is 0.768. The van der Waals surface area contributed by atoms with Gasteiger partial charge in [0, 0.05) is 60.8 Å². The van der Waals surface area contributed by atoms with Gasteiger partial charge in [-0.25, -0.2) is 0 Å². The first-order valence-electron chi connectivity index (χ1n) is 29.5. The summed E-state index contributed by atoms with van der Waals surface area (Å²) in [5.74, 6) is 0.371. The number of rotatable bonds is 11. The van der Waals surface area contributed by atoms with Crippen molar-refractivity contribution < 1.29 is 35.4 Å². The van der Waals surface area contributed by atoms with E-state index in [2.05, 4.69) is 126 Å². The first-order chi connectivity index (χ1) is 43.7. The molecule has 0 aliphatic rings. The second-order valence-corrected chi connectivity index (χ2v) is 24.3. The monoisotopic (exact) mass is 1200 g/mol. The summed E-state index contributed by atoms with van der Waals surface area (Å²) in [4.78, 5) is 35.7. The quantitative estimate of drug-likeness (QED) is 0.0995. The number of benzene rings is 12. The molecule has 0 aliphatic carbocycles. The van der Waals surface area contributed by atoms with Gasteiger partial charge < -0.3 is 46.4 Å². The Bertz CT molecular complexity index is 5110. The molecule has 4 N–H and O–H groups in total. The lowest BCUT2D eigenvalue weighted by Crippen LogP contribution is -2.12. The lowest BCUT2D eigenvalue weighted by atomic mass is 9.92.